The number of aromatic nitrogens is 1. The van der Waals surface area contributed by atoms with Gasteiger partial charge in [0.05, 0.1) is 10.2 Å². The van der Waals surface area contributed by atoms with Crippen molar-refractivity contribution in [1.82, 2.24) is 10.3 Å². The third kappa shape index (κ3) is 3.30. The average Bonchev–Trinajstić information content (AvgIpc) is 2.79. The Labute approximate surface area is 112 Å². The normalized spacial score (nSPS) is 10.6. The van der Waals surface area contributed by atoms with Crippen LogP contribution < -0.4 is 10.1 Å². The van der Waals surface area contributed by atoms with E-state index in [0.717, 1.165) is 12.2 Å². The molecule has 1 heterocycles. The van der Waals surface area contributed by atoms with Crippen molar-refractivity contribution < 1.29 is 13.5 Å². The van der Waals surface area contributed by atoms with Gasteiger partial charge in [0.25, 0.3) is 0 Å². The van der Waals surface area contributed by atoms with Crippen molar-refractivity contribution in [2.45, 2.75) is 13.5 Å². The first-order valence-electron chi connectivity index (χ1n) is 5.47. The lowest BCUT2D eigenvalue weighted by Crippen LogP contribution is -2.11. The fraction of sp³-hybridized carbons (Fsp3) is 0.250. The van der Waals surface area contributed by atoms with Crippen LogP contribution in [0.5, 0.6) is 11.8 Å². The zero-order valence-corrected chi connectivity index (χ0v) is 11.3. The molecule has 1 aromatic carbocycles. The van der Waals surface area contributed by atoms with Gasteiger partial charge in [-0.2, -0.15) is 4.98 Å². The first-order valence-corrected chi connectivity index (χ1v) is 6.26. The van der Waals surface area contributed by atoms with Gasteiger partial charge in [0.1, 0.15) is 17.8 Å². The van der Waals surface area contributed by atoms with Crippen LogP contribution in [0, 0.1) is 5.82 Å². The molecule has 96 valence electrons. The topological polar surface area (TPSA) is 47.3 Å². The van der Waals surface area contributed by atoms with Crippen LogP contribution in [0.25, 0.3) is 0 Å². The number of oxazole rings is 1. The number of benzene rings is 1. The summed E-state index contributed by atoms with van der Waals surface area (Å²) in [6.45, 7) is 3.48. The maximum absolute atomic E-state index is 13.0. The monoisotopic (exact) mass is 314 g/mol. The zero-order valence-electron chi connectivity index (χ0n) is 9.74. The summed E-state index contributed by atoms with van der Waals surface area (Å²) in [5.41, 5.74) is 0.757. The molecule has 0 aliphatic rings. The van der Waals surface area contributed by atoms with E-state index in [4.69, 9.17) is 9.15 Å². The van der Waals surface area contributed by atoms with E-state index in [2.05, 4.69) is 26.2 Å². The number of nitrogens with one attached hydrogen (secondary N) is 1. The van der Waals surface area contributed by atoms with E-state index in [1.807, 2.05) is 6.92 Å². The van der Waals surface area contributed by atoms with E-state index in [0.29, 0.717) is 16.8 Å². The number of hydrogen-bond acceptors (Lipinski definition) is 4. The Morgan fingerprint density at radius 2 is 2.33 bits per heavy atom. The predicted octanol–water partition coefficient (Wildman–Crippen LogP) is 3.48. The van der Waals surface area contributed by atoms with Gasteiger partial charge < -0.3 is 14.5 Å². The molecule has 0 spiro atoms. The van der Waals surface area contributed by atoms with Gasteiger partial charge in [0, 0.05) is 6.54 Å². The molecule has 0 aliphatic carbocycles. The van der Waals surface area contributed by atoms with E-state index >= 15 is 0 Å². The molecule has 1 aromatic heterocycles. The quantitative estimate of drug-likeness (QED) is 0.918. The van der Waals surface area contributed by atoms with Gasteiger partial charge in [0.15, 0.2) is 0 Å². The van der Waals surface area contributed by atoms with Crippen LogP contribution >= 0.6 is 15.9 Å². The summed E-state index contributed by atoms with van der Waals surface area (Å²) in [4.78, 5) is 4.13. The molecule has 0 radical (unpaired) electrons. The van der Waals surface area contributed by atoms with Crippen molar-refractivity contribution in [2.75, 3.05) is 6.54 Å². The van der Waals surface area contributed by atoms with E-state index in [-0.39, 0.29) is 11.9 Å². The minimum Gasteiger partial charge on any atom is -0.417 e. The predicted molar refractivity (Wildman–Crippen MR) is 68.1 cm³/mol. The van der Waals surface area contributed by atoms with Crippen LogP contribution in [0.2, 0.25) is 0 Å². The molecular weight excluding hydrogens is 303 g/mol. The lowest BCUT2D eigenvalue weighted by molar-refractivity contribution is 0.330. The number of halogens is 2. The first-order chi connectivity index (χ1) is 8.69. The second-order valence-corrected chi connectivity index (χ2v) is 4.42. The highest BCUT2D eigenvalue weighted by molar-refractivity contribution is 9.10. The third-order valence-electron chi connectivity index (χ3n) is 2.18. The SMILES string of the molecule is CCNCc1coc(Oc2ccc(F)c(Br)c2)n1. The summed E-state index contributed by atoms with van der Waals surface area (Å²) < 4.78 is 23.9. The fourth-order valence-corrected chi connectivity index (χ4v) is 1.67. The van der Waals surface area contributed by atoms with E-state index in [1.165, 1.54) is 24.5 Å². The fourth-order valence-electron chi connectivity index (χ4n) is 1.31. The molecule has 2 aromatic rings. The Hall–Kier alpha value is -1.40. The first kappa shape index (κ1) is 13.0. The maximum Gasteiger partial charge on any atom is 0.399 e. The van der Waals surface area contributed by atoms with Gasteiger partial charge in [-0.3, -0.25) is 0 Å². The van der Waals surface area contributed by atoms with Crippen LogP contribution in [0.15, 0.2) is 33.4 Å². The summed E-state index contributed by atoms with van der Waals surface area (Å²) in [5.74, 6) is 0.114. The number of ether oxygens (including phenoxy) is 1. The van der Waals surface area contributed by atoms with Crippen LogP contribution in [0.4, 0.5) is 4.39 Å². The van der Waals surface area contributed by atoms with Gasteiger partial charge in [-0.05, 0) is 40.7 Å². The van der Waals surface area contributed by atoms with Gasteiger partial charge in [-0.1, -0.05) is 6.92 Å². The molecule has 0 aliphatic heterocycles. The third-order valence-corrected chi connectivity index (χ3v) is 2.79. The molecule has 4 nitrogen and oxygen atoms in total. The molecule has 2 rings (SSSR count). The Balaban J connectivity index is 2.04. The highest BCUT2D eigenvalue weighted by Gasteiger charge is 2.07. The lowest BCUT2D eigenvalue weighted by Gasteiger charge is -2.01. The largest absolute Gasteiger partial charge is 0.417 e. The Kier molecular flexibility index (Phi) is 4.33. The lowest BCUT2D eigenvalue weighted by atomic mass is 10.3. The Morgan fingerprint density at radius 3 is 3.06 bits per heavy atom. The van der Waals surface area contributed by atoms with Crippen molar-refractivity contribution >= 4 is 15.9 Å². The molecule has 0 saturated carbocycles. The van der Waals surface area contributed by atoms with Gasteiger partial charge >= 0.3 is 6.08 Å². The Morgan fingerprint density at radius 1 is 1.50 bits per heavy atom. The van der Waals surface area contributed by atoms with E-state index < -0.39 is 0 Å². The summed E-state index contributed by atoms with van der Waals surface area (Å²) in [7, 11) is 0. The van der Waals surface area contributed by atoms with Crippen LogP contribution in [0.3, 0.4) is 0 Å². The maximum atomic E-state index is 13.0. The van der Waals surface area contributed by atoms with E-state index in [9.17, 15) is 4.39 Å². The summed E-state index contributed by atoms with van der Waals surface area (Å²) in [5, 5.41) is 3.12. The molecule has 0 fully saturated rings. The van der Waals surface area contributed by atoms with Crippen molar-refractivity contribution in [2.24, 2.45) is 0 Å². The molecule has 1 N–H and O–H groups in total. The number of nitrogens with zero attached hydrogens (tertiary/aromatic N) is 1. The van der Waals surface area contributed by atoms with Crippen molar-refractivity contribution in [3.8, 4) is 11.8 Å². The second kappa shape index (κ2) is 5.97. The van der Waals surface area contributed by atoms with Crippen molar-refractivity contribution in [3.05, 3.63) is 40.4 Å². The molecule has 6 heteroatoms. The number of hydrogen-bond donors (Lipinski definition) is 1. The van der Waals surface area contributed by atoms with Crippen LogP contribution in [-0.4, -0.2) is 11.5 Å². The summed E-state index contributed by atoms with van der Waals surface area (Å²) in [6.07, 6.45) is 1.66. The number of rotatable bonds is 5. The van der Waals surface area contributed by atoms with Crippen LogP contribution in [0.1, 0.15) is 12.6 Å². The highest BCUT2D eigenvalue weighted by atomic mass is 79.9. The van der Waals surface area contributed by atoms with Crippen LogP contribution in [-0.2, 0) is 6.54 Å². The molecule has 0 unspecified atom stereocenters. The van der Waals surface area contributed by atoms with E-state index in [1.54, 1.807) is 0 Å². The van der Waals surface area contributed by atoms with Gasteiger partial charge in [-0.25, -0.2) is 4.39 Å². The average molecular weight is 315 g/mol. The Bertz CT molecular complexity index is 531. The molecule has 18 heavy (non-hydrogen) atoms. The second-order valence-electron chi connectivity index (χ2n) is 3.56. The summed E-state index contributed by atoms with van der Waals surface area (Å²) in [6, 6.07) is 4.33. The minimum absolute atomic E-state index is 0.140. The molecule has 0 bridgehead atoms. The molecule has 0 amide bonds. The van der Waals surface area contributed by atoms with Gasteiger partial charge in [0.2, 0.25) is 0 Å². The summed E-state index contributed by atoms with van der Waals surface area (Å²) >= 11 is 3.08. The molecular formula is C12H12BrFN2O2. The molecule has 0 atom stereocenters. The standard InChI is InChI=1S/C12H12BrFN2O2/c1-2-15-6-8-7-17-12(16-8)18-9-3-4-11(14)10(13)5-9/h3-5,7,15H,2,6H2,1H3. The smallest absolute Gasteiger partial charge is 0.399 e. The van der Waals surface area contributed by atoms with Crippen molar-refractivity contribution in [1.29, 1.82) is 0 Å². The van der Waals surface area contributed by atoms with Crippen molar-refractivity contribution in [3.63, 3.8) is 0 Å². The highest BCUT2D eigenvalue weighted by Crippen LogP contribution is 2.25. The van der Waals surface area contributed by atoms with Gasteiger partial charge in [-0.15, -0.1) is 0 Å². The zero-order chi connectivity index (χ0) is 13.0. The molecule has 0 saturated heterocycles. The minimum atomic E-state index is -0.345.